The first-order valence-corrected chi connectivity index (χ1v) is 9.65. The zero-order valence-corrected chi connectivity index (χ0v) is 15.2. The van der Waals surface area contributed by atoms with Gasteiger partial charge in [-0.05, 0) is 69.8 Å². The number of fused-ring (bicyclic) bond motifs is 1. The molecular formula is C20H29N3O2. The summed E-state index contributed by atoms with van der Waals surface area (Å²) < 4.78 is 2.15. The highest BCUT2D eigenvalue weighted by atomic mass is 16.3. The van der Waals surface area contributed by atoms with E-state index in [9.17, 15) is 10.2 Å². The van der Waals surface area contributed by atoms with E-state index < -0.39 is 0 Å². The molecule has 0 amide bonds. The Morgan fingerprint density at radius 1 is 1.36 bits per heavy atom. The van der Waals surface area contributed by atoms with Gasteiger partial charge in [-0.3, -0.25) is 4.99 Å². The summed E-state index contributed by atoms with van der Waals surface area (Å²) in [5, 5.41) is 21.2. The van der Waals surface area contributed by atoms with E-state index >= 15 is 0 Å². The van der Waals surface area contributed by atoms with Crippen molar-refractivity contribution in [1.82, 2.24) is 9.55 Å². The van der Waals surface area contributed by atoms with Crippen LogP contribution in [0.3, 0.4) is 0 Å². The normalized spacial score (nSPS) is 32.2. The third-order valence-electron chi connectivity index (χ3n) is 6.66. The Kier molecular flexibility index (Phi) is 4.32. The average Bonchev–Trinajstić information content (AvgIpc) is 3.10. The first-order valence-electron chi connectivity index (χ1n) is 9.65. The van der Waals surface area contributed by atoms with E-state index in [1.54, 1.807) is 0 Å². The molecule has 0 spiro atoms. The fourth-order valence-corrected chi connectivity index (χ4v) is 4.90. The molecule has 2 unspecified atom stereocenters. The first-order chi connectivity index (χ1) is 12.0. The molecule has 2 atom stereocenters. The van der Waals surface area contributed by atoms with Gasteiger partial charge in [-0.1, -0.05) is 0 Å². The highest BCUT2D eigenvalue weighted by Crippen LogP contribution is 2.50. The SMILES string of the molecule is CC=NC1=C(C)c2cncn2C1CC(O)C1CCC(C2(O)CC2)CC1. The Labute approximate surface area is 149 Å². The molecule has 136 valence electrons. The van der Waals surface area contributed by atoms with Crippen LogP contribution in [-0.2, 0) is 0 Å². The molecule has 2 fully saturated rings. The third-order valence-corrected chi connectivity index (χ3v) is 6.66. The second kappa shape index (κ2) is 6.36. The van der Waals surface area contributed by atoms with Gasteiger partial charge in [0.2, 0.25) is 0 Å². The molecule has 3 aliphatic rings. The van der Waals surface area contributed by atoms with Gasteiger partial charge >= 0.3 is 0 Å². The predicted molar refractivity (Wildman–Crippen MR) is 98.3 cm³/mol. The Morgan fingerprint density at radius 2 is 2.08 bits per heavy atom. The van der Waals surface area contributed by atoms with Crippen molar-refractivity contribution in [2.75, 3.05) is 0 Å². The van der Waals surface area contributed by atoms with Crippen molar-refractivity contribution in [3.63, 3.8) is 0 Å². The number of aromatic nitrogens is 2. The fraction of sp³-hybridized carbons (Fsp3) is 0.700. The molecule has 0 radical (unpaired) electrons. The van der Waals surface area contributed by atoms with Gasteiger partial charge in [-0.15, -0.1) is 0 Å². The van der Waals surface area contributed by atoms with Crippen LogP contribution in [-0.4, -0.2) is 37.7 Å². The van der Waals surface area contributed by atoms with Crippen LogP contribution in [0.2, 0.25) is 0 Å². The van der Waals surface area contributed by atoms with Crippen molar-refractivity contribution in [3.8, 4) is 0 Å². The van der Waals surface area contributed by atoms with Gasteiger partial charge < -0.3 is 14.8 Å². The van der Waals surface area contributed by atoms with E-state index in [1.165, 1.54) is 0 Å². The monoisotopic (exact) mass is 343 g/mol. The zero-order chi connectivity index (χ0) is 17.6. The van der Waals surface area contributed by atoms with E-state index in [0.29, 0.717) is 18.3 Å². The Balaban J connectivity index is 1.43. The highest BCUT2D eigenvalue weighted by Gasteiger charge is 2.48. The molecule has 2 N–H and O–H groups in total. The number of hydrogen-bond donors (Lipinski definition) is 2. The van der Waals surface area contributed by atoms with Gasteiger partial charge in [-0.25, -0.2) is 4.98 Å². The summed E-state index contributed by atoms with van der Waals surface area (Å²) >= 11 is 0. The summed E-state index contributed by atoms with van der Waals surface area (Å²) in [6, 6.07) is 0.0778. The lowest BCUT2D eigenvalue weighted by Crippen LogP contribution is -2.32. The Bertz CT molecular complexity index is 694. The molecule has 5 nitrogen and oxygen atoms in total. The lowest BCUT2D eigenvalue weighted by Gasteiger charge is -2.35. The van der Waals surface area contributed by atoms with Crippen molar-refractivity contribution in [2.24, 2.45) is 16.8 Å². The summed E-state index contributed by atoms with van der Waals surface area (Å²) in [4.78, 5) is 8.86. The molecule has 2 saturated carbocycles. The lowest BCUT2D eigenvalue weighted by atomic mass is 9.75. The molecule has 0 bridgehead atoms. The molecule has 25 heavy (non-hydrogen) atoms. The average molecular weight is 343 g/mol. The second-order valence-corrected chi connectivity index (χ2v) is 8.12. The van der Waals surface area contributed by atoms with Crippen molar-refractivity contribution in [2.45, 2.75) is 76.5 Å². The maximum atomic E-state index is 10.9. The van der Waals surface area contributed by atoms with Crippen LogP contribution < -0.4 is 0 Å². The van der Waals surface area contributed by atoms with Crippen LogP contribution in [0.1, 0.15) is 70.5 Å². The van der Waals surface area contributed by atoms with Crippen molar-refractivity contribution in [1.29, 1.82) is 0 Å². The van der Waals surface area contributed by atoms with Crippen molar-refractivity contribution < 1.29 is 10.2 Å². The molecule has 0 aromatic carbocycles. The zero-order valence-electron chi connectivity index (χ0n) is 15.2. The first kappa shape index (κ1) is 17.0. The maximum absolute atomic E-state index is 10.9. The number of rotatable bonds is 5. The number of aliphatic imine (C=N–C) groups is 1. The van der Waals surface area contributed by atoms with Crippen LogP contribution in [0.25, 0.3) is 5.57 Å². The molecule has 0 saturated heterocycles. The minimum atomic E-state index is -0.365. The van der Waals surface area contributed by atoms with Crippen LogP contribution in [0.15, 0.2) is 23.2 Å². The third kappa shape index (κ3) is 2.97. The summed E-state index contributed by atoms with van der Waals surface area (Å²) in [5.41, 5.74) is 2.96. The summed E-state index contributed by atoms with van der Waals surface area (Å²) in [6.45, 7) is 4.02. The molecule has 1 aromatic heterocycles. The van der Waals surface area contributed by atoms with Crippen LogP contribution in [0, 0.1) is 11.8 Å². The number of aliphatic hydroxyl groups is 2. The Morgan fingerprint density at radius 3 is 2.72 bits per heavy atom. The molecule has 5 heteroatoms. The quantitative estimate of drug-likeness (QED) is 0.806. The van der Waals surface area contributed by atoms with E-state index in [0.717, 1.165) is 55.5 Å². The summed E-state index contributed by atoms with van der Waals surface area (Å²) in [5.74, 6) is 0.781. The predicted octanol–water partition coefficient (Wildman–Crippen LogP) is 3.34. The minimum absolute atomic E-state index is 0.0778. The number of allylic oxidation sites excluding steroid dienone is 2. The molecule has 1 aliphatic heterocycles. The molecular weight excluding hydrogens is 314 g/mol. The lowest BCUT2D eigenvalue weighted by molar-refractivity contribution is 0.0151. The van der Waals surface area contributed by atoms with Gasteiger partial charge in [0, 0.05) is 12.6 Å². The molecule has 1 aromatic rings. The number of imidazole rings is 1. The van der Waals surface area contributed by atoms with Gasteiger partial charge in [-0.2, -0.15) is 0 Å². The van der Waals surface area contributed by atoms with Crippen LogP contribution >= 0.6 is 0 Å². The maximum Gasteiger partial charge on any atom is 0.0957 e. The van der Waals surface area contributed by atoms with E-state index in [4.69, 9.17) is 0 Å². The van der Waals surface area contributed by atoms with Crippen LogP contribution in [0.5, 0.6) is 0 Å². The topological polar surface area (TPSA) is 70.6 Å². The summed E-state index contributed by atoms with van der Waals surface area (Å²) in [7, 11) is 0. The minimum Gasteiger partial charge on any atom is -0.393 e. The van der Waals surface area contributed by atoms with Gasteiger partial charge in [0.05, 0.1) is 41.7 Å². The Hall–Kier alpha value is -1.46. The van der Waals surface area contributed by atoms with E-state index in [-0.39, 0.29) is 17.7 Å². The second-order valence-electron chi connectivity index (χ2n) is 8.12. The fourth-order valence-electron chi connectivity index (χ4n) is 4.90. The van der Waals surface area contributed by atoms with Gasteiger partial charge in [0.25, 0.3) is 0 Å². The molecule has 2 heterocycles. The van der Waals surface area contributed by atoms with Gasteiger partial charge in [0.15, 0.2) is 0 Å². The van der Waals surface area contributed by atoms with Crippen LogP contribution in [0.4, 0.5) is 0 Å². The smallest absolute Gasteiger partial charge is 0.0957 e. The number of hydrogen-bond acceptors (Lipinski definition) is 4. The molecule has 4 rings (SSSR count). The number of aliphatic hydroxyl groups excluding tert-OH is 1. The highest BCUT2D eigenvalue weighted by molar-refractivity contribution is 5.71. The largest absolute Gasteiger partial charge is 0.393 e. The number of nitrogens with zero attached hydrogens (tertiary/aromatic N) is 3. The van der Waals surface area contributed by atoms with Crippen molar-refractivity contribution in [3.05, 3.63) is 23.9 Å². The van der Waals surface area contributed by atoms with E-state index in [2.05, 4.69) is 21.5 Å². The van der Waals surface area contributed by atoms with Crippen molar-refractivity contribution >= 4 is 11.8 Å². The molecule has 2 aliphatic carbocycles. The summed E-state index contributed by atoms with van der Waals surface area (Å²) in [6.07, 6.45) is 12.0. The standard InChI is InChI=1S/C20H29N3O2/c1-3-22-19-13(2)17-11-21-12-23(17)16(19)10-18(24)14-4-6-15(7-5-14)20(25)8-9-20/h3,11-12,14-16,18,24-25H,4-10H2,1-2H3. The van der Waals surface area contributed by atoms with E-state index in [1.807, 2.05) is 25.7 Å². The van der Waals surface area contributed by atoms with Gasteiger partial charge in [0.1, 0.15) is 0 Å².